The molecule has 1 N–H and O–H groups in total. The second kappa shape index (κ2) is 6.87. The van der Waals surface area contributed by atoms with E-state index in [0.29, 0.717) is 10.9 Å². The van der Waals surface area contributed by atoms with Crippen molar-refractivity contribution in [2.24, 2.45) is 0 Å². The summed E-state index contributed by atoms with van der Waals surface area (Å²) in [5.74, 6) is -0.292. The Morgan fingerprint density at radius 2 is 1.88 bits per heavy atom. The second-order valence-corrected chi connectivity index (χ2v) is 6.13. The zero-order valence-corrected chi connectivity index (χ0v) is 11.4. The molecule has 0 saturated carbocycles. The van der Waals surface area contributed by atoms with Gasteiger partial charge in [0.05, 0.1) is 10.8 Å². The van der Waals surface area contributed by atoms with E-state index in [1.807, 2.05) is 6.92 Å². The Morgan fingerprint density at radius 1 is 1.29 bits per heavy atom. The first kappa shape index (κ1) is 14.3. The predicted molar refractivity (Wildman–Crippen MR) is 70.0 cm³/mol. The molecule has 0 heterocycles. The van der Waals surface area contributed by atoms with Crippen LogP contribution in [0.1, 0.15) is 27.2 Å². The van der Waals surface area contributed by atoms with E-state index >= 15 is 0 Å². The number of hydrogen-bond donors (Lipinski definition) is 1. The Kier molecular flexibility index (Phi) is 5.78. The molecule has 17 heavy (non-hydrogen) atoms. The van der Waals surface area contributed by atoms with E-state index in [4.69, 9.17) is 0 Å². The molecule has 0 aliphatic rings. The van der Waals surface area contributed by atoms with E-state index in [-0.39, 0.29) is 11.1 Å². The lowest BCUT2D eigenvalue weighted by Gasteiger charge is -2.17. The van der Waals surface area contributed by atoms with Crippen LogP contribution < -0.4 is 5.32 Å². The molecular formula is C13H20FNOS. The first-order valence-electron chi connectivity index (χ1n) is 5.94. The third-order valence-electron chi connectivity index (χ3n) is 2.65. The van der Waals surface area contributed by atoms with Crippen molar-refractivity contribution in [3.63, 3.8) is 0 Å². The van der Waals surface area contributed by atoms with Crippen LogP contribution in [0.2, 0.25) is 0 Å². The summed E-state index contributed by atoms with van der Waals surface area (Å²) in [5, 5.41) is 3.36. The van der Waals surface area contributed by atoms with E-state index < -0.39 is 10.8 Å². The maximum atomic E-state index is 12.8. The van der Waals surface area contributed by atoms with Crippen molar-refractivity contribution in [1.82, 2.24) is 5.32 Å². The zero-order chi connectivity index (χ0) is 12.8. The first-order valence-corrected chi connectivity index (χ1v) is 7.15. The van der Waals surface area contributed by atoms with Crippen LogP contribution in [0.3, 0.4) is 0 Å². The van der Waals surface area contributed by atoms with Crippen molar-refractivity contribution in [3.8, 4) is 0 Å². The summed E-state index contributed by atoms with van der Waals surface area (Å²) in [6.07, 6.45) is 0.845. The van der Waals surface area contributed by atoms with Crippen LogP contribution in [0.25, 0.3) is 0 Å². The van der Waals surface area contributed by atoms with Gasteiger partial charge in [0.25, 0.3) is 0 Å². The minimum absolute atomic E-state index is 0.0644. The Hall–Kier alpha value is -0.740. The second-order valence-electron chi connectivity index (χ2n) is 4.26. The molecule has 0 aliphatic carbocycles. The van der Waals surface area contributed by atoms with Crippen molar-refractivity contribution < 1.29 is 8.60 Å². The Bertz CT molecular complexity index is 366. The quantitative estimate of drug-likeness (QED) is 0.849. The maximum Gasteiger partial charge on any atom is 0.123 e. The van der Waals surface area contributed by atoms with E-state index in [0.717, 1.165) is 13.0 Å². The lowest BCUT2D eigenvalue weighted by atomic mass is 10.2. The third kappa shape index (κ3) is 4.56. The van der Waals surface area contributed by atoms with Crippen molar-refractivity contribution in [2.75, 3.05) is 6.54 Å². The molecule has 1 aromatic carbocycles. The van der Waals surface area contributed by atoms with Gasteiger partial charge in [0, 0.05) is 16.2 Å². The molecule has 0 radical (unpaired) electrons. The average Bonchev–Trinajstić information content (AvgIpc) is 2.29. The Balaban J connectivity index is 2.60. The number of halogens is 1. The largest absolute Gasteiger partial charge is 0.314 e. The summed E-state index contributed by atoms with van der Waals surface area (Å²) in [7, 11) is -1.07. The van der Waals surface area contributed by atoms with Gasteiger partial charge in [0.15, 0.2) is 0 Å². The van der Waals surface area contributed by atoms with Gasteiger partial charge >= 0.3 is 0 Å². The van der Waals surface area contributed by atoms with Gasteiger partial charge < -0.3 is 5.32 Å². The van der Waals surface area contributed by atoms with Gasteiger partial charge in [-0.1, -0.05) is 13.8 Å². The minimum atomic E-state index is -1.07. The number of hydrogen-bond acceptors (Lipinski definition) is 2. The third-order valence-corrected chi connectivity index (χ3v) is 4.31. The van der Waals surface area contributed by atoms with Crippen LogP contribution in [0, 0.1) is 5.82 Å². The zero-order valence-electron chi connectivity index (χ0n) is 10.6. The van der Waals surface area contributed by atoms with Gasteiger partial charge in [-0.2, -0.15) is 0 Å². The van der Waals surface area contributed by atoms with E-state index in [1.165, 1.54) is 12.1 Å². The van der Waals surface area contributed by atoms with Crippen molar-refractivity contribution in [3.05, 3.63) is 30.1 Å². The minimum Gasteiger partial charge on any atom is -0.314 e. The molecule has 96 valence electrons. The van der Waals surface area contributed by atoms with Gasteiger partial charge in [0.1, 0.15) is 5.82 Å². The molecule has 4 heteroatoms. The molecule has 1 rings (SSSR count). The van der Waals surface area contributed by atoms with Crippen molar-refractivity contribution >= 4 is 10.8 Å². The van der Waals surface area contributed by atoms with Gasteiger partial charge in [-0.25, -0.2) is 4.39 Å². The number of rotatable bonds is 6. The van der Waals surface area contributed by atoms with Crippen molar-refractivity contribution in [2.45, 2.75) is 43.4 Å². The molecule has 2 nitrogen and oxygen atoms in total. The Labute approximate surface area is 105 Å². The predicted octanol–water partition coefficient (Wildman–Crippen LogP) is 2.71. The van der Waals surface area contributed by atoms with Crippen LogP contribution in [0.15, 0.2) is 29.2 Å². The SMILES string of the molecule is CCNC(C)CC(C)S(=O)c1ccc(F)cc1. The highest BCUT2D eigenvalue weighted by Gasteiger charge is 2.16. The van der Waals surface area contributed by atoms with Gasteiger partial charge in [-0.3, -0.25) is 4.21 Å². The molecule has 0 bridgehead atoms. The molecule has 1 aromatic rings. The fourth-order valence-corrected chi connectivity index (χ4v) is 3.15. The van der Waals surface area contributed by atoms with E-state index in [1.54, 1.807) is 12.1 Å². The van der Waals surface area contributed by atoms with Gasteiger partial charge in [0.2, 0.25) is 0 Å². The van der Waals surface area contributed by atoms with Gasteiger partial charge in [-0.15, -0.1) is 0 Å². The highest BCUT2D eigenvalue weighted by molar-refractivity contribution is 7.85. The van der Waals surface area contributed by atoms with Crippen molar-refractivity contribution in [1.29, 1.82) is 0 Å². The molecule has 0 fully saturated rings. The molecule has 0 aromatic heterocycles. The maximum absolute atomic E-state index is 12.8. The van der Waals surface area contributed by atoms with Crippen LogP contribution in [0.4, 0.5) is 4.39 Å². The lowest BCUT2D eigenvalue weighted by molar-refractivity contribution is 0.524. The average molecular weight is 257 g/mol. The summed E-state index contributed by atoms with van der Waals surface area (Å²) in [4.78, 5) is 0.697. The van der Waals surface area contributed by atoms with E-state index in [2.05, 4.69) is 19.2 Å². The topological polar surface area (TPSA) is 29.1 Å². The summed E-state index contributed by atoms with van der Waals surface area (Å²) in [6, 6.07) is 6.25. The fourth-order valence-electron chi connectivity index (χ4n) is 1.82. The highest BCUT2D eigenvalue weighted by Crippen LogP contribution is 2.15. The van der Waals surface area contributed by atoms with Crippen LogP contribution in [-0.4, -0.2) is 22.0 Å². The van der Waals surface area contributed by atoms with Gasteiger partial charge in [-0.05, 0) is 44.2 Å². The molecular weight excluding hydrogens is 237 g/mol. The van der Waals surface area contributed by atoms with Crippen LogP contribution >= 0.6 is 0 Å². The first-order chi connectivity index (χ1) is 8.04. The molecule has 0 saturated heterocycles. The summed E-state index contributed by atoms with van der Waals surface area (Å²) in [5.41, 5.74) is 0. The lowest BCUT2D eigenvalue weighted by Crippen LogP contribution is -2.30. The van der Waals surface area contributed by atoms with Crippen LogP contribution in [0.5, 0.6) is 0 Å². The smallest absolute Gasteiger partial charge is 0.123 e. The summed E-state index contributed by atoms with van der Waals surface area (Å²) < 4.78 is 24.9. The standard InChI is InChI=1S/C13H20FNOS/c1-4-15-10(2)9-11(3)17(16)13-7-5-12(14)6-8-13/h5-8,10-11,15H,4,9H2,1-3H3. The number of benzene rings is 1. The molecule has 3 unspecified atom stereocenters. The fraction of sp³-hybridized carbons (Fsp3) is 0.538. The molecule has 0 spiro atoms. The molecule has 3 atom stereocenters. The van der Waals surface area contributed by atoms with Crippen LogP contribution in [-0.2, 0) is 10.8 Å². The normalized spacial score (nSPS) is 16.5. The Morgan fingerprint density at radius 3 is 2.41 bits per heavy atom. The number of nitrogens with one attached hydrogen (secondary N) is 1. The molecule has 0 amide bonds. The summed E-state index contributed by atoms with van der Waals surface area (Å²) >= 11 is 0. The van der Waals surface area contributed by atoms with E-state index in [9.17, 15) is 8.60 Å². The summed E-state index contributed by atoms with van der Waals surface area (Å²) in [6.45, 7) is 7.02. The molecule has 0 aliphatic heterocycles. The monoisotopic (exact) mass is 257 g/mol. The highest BCUT2D eigenvalue weighted by atomic mass is 32.2.